The molecule has 2 aromatic carbocycles. The highest BCUT2D eigenvalue weighted by atomic mass is 35.5. The summed E-state index contributed by atoms with van der Waals surface area (Å²) in [5.41, 5.74) is 1.25. The van der Waals surface area contributed by atoms with E-state index in [1.807, 2.05) is 6.07 Å². The fraction of sp³-hybridized carbons (Fsp3) is 0.0909. The minimum atomic E-state index is -0.678. The molecule has 0 saturated heterocycles. The van der Waals surface area contributed by atoms with E-state index in [-0.39, 0.29) is 34.4 Å². The smallest absolute Gasteiger partial charge is 0.345 e. The highest BCUT2D eigenvalue weighted by Crippen LogP contribution is 2.36. The number of halogens is 3. The number of nitrogens with one attached hydrogen (secondary N) is 1. The summed E-state index contributed by atoms with van der Waals surface area (Å²) in [7, 11) is 0. The van der Waals surface area contributed by atoms with Crippen LogP contribution in [0.15, 0.2) is 52.9 Å². The molecule has 3 aromatic rings. The Morgan fingerprint density at radius 3 is 2.47 bits per heavy atom. The van der Waals surface area contributed by atoms with Crippen LogP contribution in [0.5, 0.6) is 0 Å². The molecule has 0 aliphatic carbocycles. The van der Waals surface area contributed by atoms with Crippen LogP contribution in [0.2, 0.25) is 10.0 Å². The Hall–Kier alpha value is -3.27. The molecule has 0 radical (unpaired) electrons. The summed E-state index contributed by atoms with van der Waals surface area (Å²) < 4.78 is 24.0. The summed E-state index contributed by atoms with van der Waals surface area (Å²) in [6.07, 6.45) is 1.38. The average molecular weight is 445 g/mol. The van der Waals surface area contributed by atoms with Gasteiger partial charge in [0, 0.05) is 16.8 Å². The van der Waals surface area contributed by atoms with Crippen LogP contribution in [0.1, 0.15) is 28.6 Å². The predicted molar refractivity (Wildman–Crippen MR) is 114 cm³/mol. The maximum absolute atomic E-state index is 13.2. The lowest BCUT2D eigenvalue weighted by Gasteiger charge is -2.06. The molecule has 0 aliphatic rings. The molecule has 0 spiro atoms. The van der Waals surface area contributed by atoms with Crippen molar-refractivity contribution in [3.05, 3.63) is 81.3 Å². The van der Waals surface area contributed by atoms with E-state index in [9.17, 15) is 14.4 Å². The third kappa shape index (κ3) is 4.82. The molecule has 30 heavy (non-hydrogen) atoms. The fourth-order valence-electron chi connectivity index (χ4n) is 2.60. The first-order valence-corrected chi connectivity index (χ1v) is 9.58. The van der Waals surface area contributed by atoms with E-state index in [1.54, 1.807) is 31.2 Å². The molecule has 5 nitrogen and oxygen atoms in total. The lowest BCUT2D eigenvalue weighted by molar-refractivity contribution is 0.0527. The van der Waals surface area contributed by atoms with Crippen molar-refractivity contribution in [2.75, 3.05) is 11.9 Å². The van der Waals surface area contributed by atoms with Crippen LogP contribution < -0.4 is 5.32 Å². The molecule has 0 fully saturated rings. The highest BCUT2D eigenvalue weighted by molar-refractivity contribution is 6.36. The number of ether oxygens (including phenoxy) is 1. The lowest BCUT2D eigenvalue weighted by atomic mass is 10.1. The van der Waals surface area contributed by atoms with Gasteiger partial charge in [0.15, 0.2) is 0 Å². The predicted octanol–water partition coefficient (Wildman–Crippen LogP) is 6.71. The number of carbonyl (C=O) groups is 1. The van der Waals surface area contributed by atoms with Gasteiger partial charge in [-0.2, -0.15) is 5.26 Å². The normalized spacial score (nSPS) is 11.1. The molecule has 0 aliphatic heterocycles. The second-order valence-corrected chi connectivity index (χ2v) is 6.83. The Labute approximate surface area is 182 Å². The Balaban J connectivity index is 2.06. The van der Waals surface area contributed by atoms with Crippen LogP contribution in [-0.2, 0) is 4.74 Å². The molecule has 0 amide bonds. The molecule has 0 bridgehead atoms. The van der Waals surface area contributed by atoms with Crippen molar-refractivity contribution >= 4 is 52.4 Å². The van der Waals surface area contributed by atoms with Crippen LogP contribution >= 0.6 is 23.2 Å². The molecular weight excluding hydrogens is 430 g/mol. The van der Waals surface area contributed by atoms with Crippen molar-refractivity contribution in [3.8, 4) is 6.07 Å². The first-order chi connectivity index (χ1) is 14.4. The molecular formula is C22H15Cl2FN2O3. The number of anilines is 2. The fourth-order valence-corrected chi connectivity index (χ4v) is 2.98. The number of nitriles is 1. The van der Waals surface area contributed by atoms with Gasteiger partial charge in [0.1, 0.15) is 22.2 Å². The number of rotatable bonds is 6. The van der Waals surface area contributed by atoms with Gasteiger partial charge in [0.2, 0.25) is 5.88 Å². The number of furan rings is 1. The molecule has 0 atom stereocenters. The second-order valence-electron chi connectivity index (χ2n) is 6.01. The quantitative estimate of drug-likeness (QED) is 0.337. The molecule has 1 aromatic heterocycles. The molecule has 0 unspecified atom stereocenters. The van der Waals surface area contributed by atoms with Gasteiger partial charge in [-0.25, -0.2) is 9.18 Å². The standard InChI is InChI=1S/C22H15Cl2FN2O3/c1-2-29-22(28)19-20(24)18(11-14(12-26)13-3-7-16(25)8-4-13)30-21(19)27-17-9-5-15(23)6-10-17/h3-11,27H,2H2,1H3/b14-11+. The first-order valence-electron chi connectivity index (χ1n) is 8.82. The number of hydrogen-bond donors (Lipinski definition) is 1. The SMILES string of the molecule is CCOC(=O)c1c(Nc2ccc(Cl)cc2)oc(/C=C(\C#N)c2ccc(F)cc2)c1Cl. The molecule has 152 valence electrons. The van der Waals surface area contributed by atoms with E-state index in [0.29, 0.717) is 16.3 Å². The minimum Gasteiger partial charge on any atom is -0.462 e. The van der Waals surface area contributed by atoms with Crippen LogP contribution in [0, 0.1) is 17.1 Å². The molecule has 8 heteroatoms. The largest absolute Gasteiger partial charge is 0.462 e. The summed E-state index contributed by atoms with van der Waals surface area (Å²) >= 11 is 12.3. The zero-order valence-corrected chi connectivity index (χ0v) is 17.2. The van der Waals surface area contributed by atoms with E-state index in [1.165, 1.54) is 30.3 Å². The Bertz CT molecular complexity index is 1130. The van der Waals surface area contributed by atoms with Crippen LogP contribution in [0.3, 0.4) is 0 Å². The van der Waals surface area contributed by atoms with Gasteiger partial charge in [-0.15, -0.1) is 0 Å². The number of nitrogens with zero attached hydrogens (tertiary/aromatic N) is 1. The van der Waals surface area contributed by atoms with Crippen molar-refractivity contribution in [2.24, 2.45) is 0 Å². The summed E-state index contributed by atoms with van der Waals surface area (Å²) in [5.74, 6) is -0.964. The van der Waals surface area contributed by atoms with E-state index in [2.05, 4.69) is 5.32 Å². The number of esters is 1. The third-order valence-corrected chi connectivity index (χ3v) is 4.63. The number of hydrogen-bond acceptors (Lipinski definition) is 5. The molecule has 0 saturated carbocycles. The monoisotopic (exact) mass is 444 g/mol. The highest BCUT2D eigenvalue weighted by Gasteiger charge is 2.26. The van der Waals surface area contributed by atoms with E-state index in [4.69, 9.17) is 32.4 Å². The summed E-state index contributed by atoms with van der Waals surface area (Å²) in [6, 6.07) is 14.1. The van der Waals surface area contributed by atoms with Gasteiger partial charge in [0.05, 0.1) is 18.2 Å². The van der Waals surface area contributed by atoms with Crippen molar-refractivity contribution < 1.29 is 18.3 Å². The summed E-state index contributed by atoms with van der Waals surface area (Å²) in [4.78, 5) is 12.5. The van der Waals surface area contributed by atoms with Gasteiger partial charge in [-0.3, -0.25) is 0 Å². The van der Waals surface area contributed by atoms with Gasteiger partial charge >= 0.3 is 5.97 Å². The van der Waals surface area contributed by atoms with Crippen LogP contribution in [0.25, 0.3) is 11.6 Å². The van der Waals surface area contributed by atoms with Gasteiger partial charge < -0.3 is 14.5 Å². The van der Waals surface area contributed by atoms with Gasteiger partial charge in [-0.1, -0.05) is 35.3 Å². The second kappa shape index (κ2) is 9.49. The van der Waals surface area contributed by atoms with Gasteiger partial charge in [0.25, 0.3) is 0 Å². The van der Waals surface area contributed by atoms with Crippen molar-refractivity contribution in [1.29, 1.82) is 5.26 Å². The number of allylic oxidation sites excluding steroid dienone is 1. The Morgan fingerprint density at radius 1 is 1.20 bits per heavy atom. The Morgan fingerprint density at radius 2 is 1.87 bits per heavy atom. The summed E-state index contributed by atoms with van der Waals surface area (Å²) in [6.45, 7) is 1.81. The van der Waals surface area contributed by atoms with Crippen molar-refractivity contribution in [2.45, 2.75) is 6.92 Å². The maximum atomic E-state index is 13.2. The van der Waals surface area contributed by atoms with Crippen LogP contribution in [0.4, 0.5) is 16.0 Å². The van der Waals surface area contributed by atoms with Gasteiger partial charge in [-0.05, 0) is 48.9 Å². The average Bonchev–Trinajstić information content (AvgIpc) is 3.03. The van der Waals surface area contributed by atoms with Crippen molar-refractivity contribution in [1.82, 2.24) is 0 Å². The zero-order valence-electron chi connectivity index (χ0n) is 15.7. The summed E-state index contributed by atoms with van der Waals surface area (Å²) in [5, 5.41) is 13.0. The van der Waals surface area contributed by atoms with E-state index < -0.39 is 11.8 Å². The Kier molecular flexibility index (Phi) is 6.78. The maximum Gasteiger partial charge on any atom is 0.345 e. The zero-order chi connectivity index (χ0) is 21.7. The number of carbonyl (C=O) groups excluding carboxylic acids is 1. The molecule has 3 rings (SSSR count). The number of benzene rings is 2. The third-order valence-electron chi connectivity index (χ3n) is 4.01. The minimum absolute atomic E-state index is 0.00360. The molecule has 1 N–H and O–H groups in total. The topological polar surface area (TPSA) is 75.3 Å². The van der Waals surface area contributed by atoms with E-state index in [0.717, 1.165) is 0 Å². The van der Waals surface area contributed by atoms with Crippen molar-refractivity contribution in [3.63, 3.8) is 0 Å². The van der Waals surface area contributed by atoms with Crippen LogP contribution in [-0.4, -0.2) is 12.6 Å². The molecule has 1 heterocycles. The lowest BCUT2D eigenvalue weighted by Crippen LogP contribution is -2.06. The first kappa shape index (κ1) is 21.4. The van der Waals surface area contributed by atoms with E-state index >= 15 is 0 Å².